The Morgan fingerprint density at radius 1 is 0.750 bits per heavy atom. The second-order valence-electron chi connectivity index (χ2n) is 10.4. The first-order chi connectivity index (χ1) is 20.7. The highest BCUT2D eigenvalue weighted by molar-refractivity contribution is 5.93. The lowest BCUT2D eigenvalue weighted by Crippen LogP contribution is -2.60. The maximum absolute atomic E-state index is 13.3. The first-order valence-electron chi connectivity index (χ1n) is 13.2. The van der Waals surface area contributed by atoms with Crippen LogP contribution in [0, 0.1) is 0 Å². The molecule has 1 aromatic heterocycles. The molecular formula is C27H30O17. The number of phenolic OH excluding ortho intramolecular Hbond substituents is 3. The third-order valence-electron chi connectivity index (χ3n) is 7.41. The molecule has 2 fully saturated rings. The summed E-state index contributed by atoms with van der Waals surface area (Å²) in [5.41, 5.74) is -2.04. The molecule has 11 N–H and O–H groups in total. The third-order valence-corrected chi connectivity index (χ3v) is 7.41. The molecular weight excluding hydrogens is 596 g/mol. The fourth-order valence-corrected chi connectivity index (χ4v) is 4.87. The Labute approximate surface area is 246 Å². The molecule has 2 saturated heterocycles. The Morgan fingerprint density at radius 3 is 2.02 bits per heavy atom. The standard InChI is InChI=1S/C27H30O17/c1-7-15(32)18(35)21(38)26(40-7)41-12-5-11(31)14-17(34)20(37)23(8-2-3-9(29)10(30)4-8)43-25(14)24(12)44-27-22(39)19(36)16(33)13(6-28)42-27/h2-5,7,13,15-16,18-19,21-22,26-33,35-39H,6H2,1H3/t7-,13+,15-,16+,18+,19-,21+,22+,26-,27-/m0/s1. The van der Waals surface area contributed by atoms with Crippen LogP contribution in [-0.2, 0) is 9.47 Å². The Morgan fingerprint density at radius 2 is 1.39 bits per heavy atom. The molecule has 44 heavy (non-hydrogen) atoms. The number of phenols is 3. The van der Waals surface area contributed by atoms with Gasteiger partial charge in [-0.3, -0.25) is 4.79 Å². The lowest BCUT2D eigenvalue weighted by atomic mass is 9.99. The van der Waals surface area contributed by atoms with E-state index in [0.717, 1.165) is 24.3 Å². The minimum Gasteiger partial charge on any atom is -0.507 e. The Bertz CT molecular complexity index is 1590. The van der Waals surface area contributed by atoms with Crippen LogP contribution in [0.4, 0.5) is 0 Å². The van der Waals surface area contributed by atoms with E-state index in [4.69, 9.17) is 23.4 Å². The summed E-state index contributed by atoms with van der Waals surface area (Å²) in [7, 11) is 0. The van der Waals surface area contributed by atoms with Gasteiger partial charge in [-0.2, -0.15) is 0 Å². The molecule has 5 rings (SSSR count). The van der Waals surface area contributed by atoms with Gasteiger partial charge in [0.05, 0.1) is 12.7 Å². The van der Waals surface area contributed by atoms with Crippen molar-refractivity contribution in [3.8, 4) is 45.8 Å². The van der Waals surface area contributed by atoms with Crippen molar-refractivity contribution in [3.63, 3.8) is 0 Å². The van der Waals surface area contributed by atoms with Gasteiger partial charge in [0.25, 0.3) is 0 Å². The Hall–Kier alpha value is -3.91. The first-order valence-corrected chi connectivity index (χ1v) is 13.2. The van der Waals surface area contributed by atoms with Crippen LogP contribution in [0.5, 0.6) is 34.5 Å². The summed E-state index contributed by atoms with van der Waals surface area (Å²) in [5, 5.41) is 112. The van der Waals surface area contributed by atoms with Crippen LogP contribution in [0.25, 0.3) is 22.3 Å². The third kappa shape index (κ3) is 5.34. The molecule has 17 nitrogen and oxygen atoms in total. The number of hydrogen-bond donors (Lipinski definition) is 11. The van der Waals surface area contributed by atoms with E-state index >= 15 is 0 Å². The molecule has 0 saturated carbocycles. The summed E-state index contributed by atoms with van der Waals surface area (Å²) in [6.45, 7) is 0.530. The van der Waals surface area contributed by atoms with Crippen molar-refractivity contribution in [2.75, 3.05) is 6.61 Å². The number of benzene rings is 2. The van der Waals surface area contributed by atoms with Crippen molar-refractivity contribution in [2.24, 2.45) is 0 Å². The zero-order valence-electron chi connectivity index (χ0n) is 22.7. The quantitative estimate of drug-likeness (QED) is 0.128. The van der Waals surface area contributed by atoms with Gasteiger partial charge in [-0.15, -0.1) is 0 Å². The topological polar surface area (TPSA) is 290 Å². The molecule has 2 aromatic carbocycles. The monoisotopic (exact) mass is 626 g/mol. The Balaban J connectivity index is 1.71. The van der Waals surface area contributed by atoms with E-state index in [0.29, 0.717) is 0 Å². The van der Waals surface area contributed by atoms with Crippen molar-refractivity contribution in [1.29, 1.82) is 0 Å². The largest absolute Gasteiger partial charge is 0.507 e. The molecule has 2 aliphatic heterocycles. The minimum absolute atomic E-state index is 0.140. The zero-order valence-corrected chi connectivity index (χ0v) is 22.7. The van der Waals surface area contributed by atoms with Crippen molar-refractivity contribution in [2.45, 2.75) is 68.3 Å². The van der Waals surface area contributed by atoms with E-state index in [-0.39, 0.29) is 5.56 Å². The number of aromatic hydroxyl groups is 4. The summed E-state index contributed by atoms with van der Waals surface area (Å²) in [4.78, 5) is 13.3. The number of hydrogen-bond acceptors (Lipinski definition) is 17. The van der Waals surface area contributed by atoms with Crippen LogP contribution in [0.1, 0.15) is 6.92 Å². The summed E-state index contributed by atoms with van der Waals surface area (Å²) in [6.07, 6.45) is -17.0. The highest BCUT2D eigenvalue weighted by Gasteiger charge is 2.47. The number of rotatable bonds is 6. The highest BCUT2D eigenvalue weighted by Crippen LogP contribution is 2.46. The van der Waals surface area contributed by atoms with E-state index in [1.165, 1.54) is 6.92 Å². The van der Waals surface area contributed by atoms with Crippen molar-refractivity contribution in [3.05, 3.63) is 34.5 Å². The van der Waals surface area contributed by atoms with Gasteiger partial charge in [-0.25, -0.2) is 0 Å². The summed E-state index contributed by atoms with van der Waals surface area (Å²) < 4.78 is 28.0. The highest BCUT2D eigenvalue weighted by atomic mass is 16.7. The molecule has 240 valence electrons. The van der Waals surface area contributed by atoms with Crippen molar-refractivity contribution in [1.82, 2.24) is 0 Å². The number of aliphatic hydroxyl groups excluding tert-OH is 7. The minimum atomic E-state index is -1.99. The SMILES string of the molecule is C[C@@H]1O[C@@H](Oc2cc(O)c3c(=O)c(O)c(-c4ccc(O)c(O)c4)oc3c2O[C@@H]2O[C@H](CO)[C@@H](O)[C@H](O)[C@H]2O)[C@H](O)[C@H](O)[C@H]1O. The summed E-state index contributed by atoms with van der Waals surface area (Å²) >= 11 is 0. The van der Waals surface area contributed by atoms with E-state index in [1.54, 1.807) is 0 Å². The van der Waals surface area contributed by atoms with Crippen molar-refractivity contribution < 1.29 is 79.5 Å². The fraction of sp³-hybridized carbons (Fsp3) is 0.444. The average molecular weight is 627 g/mol. The predicted octanol–water partition coefficient (Wildman–Crippen LogP) is -2.33. The van der Waals surface area contributed by atoms with Crippen LogP contribution in [0.15, 0.2) is 33.5 Å². The molecule has 3 aromatic rings. The lowest BCUT2D eigenvalue weighted by Gasteiger charge is -2.40. The normalized spacial score (nSPS) is 32.5. The molecule has 3 heterocycles. The molecule has 17 heteroatoms. The molecule has 0 bridgehead atoms. The van der Waals surface area contributed by atoms with E-state index in [2.05, 4.69) is 0 Å². The van der Waals surface area contributed by atoms with Gasteiger partial charge >= 0.3 is 0 Å². The molecule has 10 atom stereocenters. The van der Waals surface area contributed by atoms with E-state index < -0.39 is 125 Å². The number of ether oxygens (including phenoxy) is 4. The second-order valence-corrected chi connectivity index (χ2v) is 10.4. The molecule has 0 radical (unpaired) electrons. The van der Waals surface area contributed by atoms with Crippen LogP contribution < -0.4 is 14.9 Å². The van der Waals surface area contributed by atoms with Crippen LogP contribution >= 0.6 is 0 Å². The molecule has 0 unspecified atom stereocenters. The zero-order chi connectivity index (χ0) is 32.2. The van der Waals surface area contributed by atoms with Gasteiger partial charge in [0.2, 0.25) is 29.5 Å². The average Bonchev–Trinajstić information content (AvgIpc) is 2.99. The van der Waals surface area contributed by atoms with Gasteiger partial charge in [-0.05, 0) is 25.1 Å². The van der Waals surface area contributed by atoms with Crippen molar-refractivity contribution >= 4 is 11.0 Å². The molecule has 0 amide bonds. The molecule has 2 aliphatic rings. The van der Waals surface area contributed by atoms with Gasteiger partial charge < -0.3 is 79.5 Å². The van der Waals surface area contributed by atoms with Gasteiger partial charge in [0, 0.05) is 11.6 Å². The lowest BCUT2D eigenvalue weighted by molar-refractivity contribution is -0.279. The molecule has 0 spiro atoms. The maximum Gasteiger partial charge on any atom is 0.238 e. The Kier molecular flexibility index (Phi) is 8.51. The predicted molar refractivity (Wildman–Crippen MR) is 142 cm³/mol. The fourth-order valence-electron chi connectivity index (χ4n) is 4.87. The second kappa shape index (κ2) is 11.9. The summed E-state index contributed by atoms with van der Waals surface area (Å²) in [5.74, 6) is -4.95. The maximum atomic E-state index is 13.3. The van der Waals surface area contributed by atoms with E-state index in [1.807, 2.05) is 0 Å². The van der Waals surface area contributed by atoms with Crippen LogP contribution in [0.2, 0.25) is 0 Å². The molecule has 0 aliphatic carbocycles. The van der Waals surface area contributed by atoms with Gasteiger partial charge in [0.15, 0.2) is 28.6 Å². The number of fused-ring (bicyclic) bond motifs is 1. The van der Waals surface area contributed by atoms with Crippen LogP contribution in [-0.4, -0.2) is 124 Å². The summed E-state index contributed by atoms with van der Waals surface area (Å²) in [6, 6.07) is 3.91. The van der Waals surface area contributed by atoms with Gasteiger partial charge in [-0.1, -0.05) is 0 Å². The van der Waals surface area contributed by atoms with Crippen LogP contribution in [0.3, 0.4) is 0 Å². The van der Waals surface area contributed by atoms with Gasteiger partial charge in [0.1, 0.15) is 53.9 Å². The number of aliphatic hydroxyl groups is 7. The first kappa shape index (κ1) is 31.5. The smallest absolute Gasteiger partial charge is 0.238 e. The van der Waals surface area contributed by atoms with E-state index in [9.17, 15) is 61.0 Å².